The maximum Gasteiger partial charge on any atom is 0.219 e. The van der Waals surface area contributed by atoms with E-state index in [2.05, 4.69) is 25.8 Å². The molecule has 112 valence electrons. The Bertz CT molecular complexity index is 648. The predicted molar refractivity (Wildman–Crippen MR) is 82.0 cm³/mol. The van der Waals surface area contributed by atoms with E-state index in [0.717, 1.165) is 16.8 Å². The minimum Gasteiger partial charge on any atom is -0.436 e. The molecular weight excluding hydrogens is 267 g/mol. The largest absolute Gasteiger partial charge is 0.436 e. The van der Waals surface area contributed by atoms with E-state index >= 15 is 0 Å². The summed E-state index contributed by atoms with van der Waals surface area (Å²) < 4.78 is 19.4. The number of hydrogen-bond donors (Lipinski definition) is 1. The van der Waals surface area contributed by atoms with Crippen LogP contribution in [0.3, 0.4) is 0 Å². The Hall–Kier alpha value is -1.94. The number of hydrogen-bond acceptors (Lipinski definition) is 3. The number of aryl methyl sites for hydroxylation is 1. The number of pyridine rings is 1. The molecule has 0 fully saturated rings. The Morgan fingerprint density at radius 1 is 1.19 bits per heavy atom. The van der Waals surface area contributed by atoms with Crippen LogP contribution in [0.1, 0.15) is 37.6 Å². The number of rotatable bonds is 3. The first-order valence-electron chi connectivity index (χ1n) is 6.95. The van der Waals surface area contributed by atoms with Crippen LogP contribution in [0.4, 0.5) is 4.39 Å². The van der Waals surface area contributed by atoms with Crippen LogP contribution in [0.25, 0.3) is 0 Å². The highest BCUT2D eigenvalue weighted by Crippen LogP contribution is 2.28. The third-order valence-electron chi connectivity index (χ3n) is 3.17. The summed E-state index contributed by atoms with van der Waals surface area (Å²) in [5, 5.41) is 0. The van der Waals surface area contributed by atoms with Crippen molar-refractivity contribution in [1.82, 2.24) is 4.98 Å². The van der Waals surface area contributed by atoms with Gasteiger partial charge in [-0.1, -0.05) is 26.8 Å². The Balaban J connectivity index is 2.42. The molecule has 2 aromatic rings. The lowest BCUT2D eigenvalue weighted by Gasteiger charge is -2.19. The fourth-order valence-corrected chi connectivity index (χ4v) is 1.91. The molecule has 2 N–H and O–H groups in total. The smallest absolute Gasteiger partial charge is 0.219 e. The summed E-state index contributed by atoms with van der Waals surface area (Å²) in [6, 6.07) is 8.45. The minimum atomic E-state index is -0.405. The van der Waals surface area contributed by atoms with Crippen LogP contribution in [-0.4, -0.2) is 4.98 Å². The molecule has 0 atom stereocenters. The van der Waals surface area contributed by atoms with E-state index in [1.54, 1.807) is 18.2 Å². The van der Waals surface area contributed by atoms with Crippen LogP contribution in [0.15, 0.2) is 30.3 Å². The normalized spacial score (nSPS) is 11.5. The van der Waals surface area contributed by atoms with Crippen molar-refractivity contribution < 1.29 is 9.13 Å². The van der Waals surface area contributed by atoms with Crippen LogP contribution >= 0.6 is 0 Å². The summed E-state index contributed by atoms with van der Waals surface area (Å²) in [4.78, 5) is 4.47. The first-order valence-corrected chi connectivity index (χ1v) is 6.95. The van der Waals surface area contributed by atoms with Crippen LogP contribution in [0.2, 0.25) is 0 Å². The van der Waals surface area contributed by atoms with Gasteiger partial charge in [-0.05, 0) is 36.2 Å². The number of ether oxygens (including phenoxy) is 1. The van der Waals surface area contributed by atoms with Gasteiger partial charge in [0, 0.05) is 18.0 Å². The summed E-state index contributed by atoms with van der Waals surface area (Å²) in [5.41, 5.74) is 8.30. The van der Waals surface area contributed by atoms with Gasteiger partial charge >= 0.3 is 0 Å². The Labute approximate surface area is 125 Å². The van der Waals surface area contributed by atoms with Gasteiger partial charge in [0.05, 0.1) is 5.69 Å². The summed E-state index contributed by atoms with van der Waals surface area (Å²) in [5.74, 6) is 0.141. The number of halogens is 1. The summed E-state index contributed by atoms with van der Waals surface area (Å²) >= 11 is 0. The maximum absolute atomic E-state index is 13.8. The molecule has 1 aromatic heterocycles. The number of nitrogens with zero attached hydrogens (tertiary/aromatic N) is 1. The van der Waals surface area contributed by atoms with Gasteiger partial charge < -0.3 is 10.5 Å². The number of benzene rings is 1. The topological polar surface area (TPSA) is 48.1 Å². The van der Waals surface area contributed by atoms with Gasteiger partial charge in [0.15, 0.2) is 11.6 Å². The highest BCUT2D eigenvalue weighted by atomic mass is 19.1. The van der Waals surface area contributed by atoms with E-state index in [1.165, 1.54) is 6.07 Å². The van der Waals surface area contributed by atoms with E-state index in [-0.39, 0.29) is 11.2 Å². The van der Waals surface area contributed by atoms with E-state index < -0.39 is 5.82 Å². The lowest BCUT2D eigenvalue weighted by atomic mass is 9.91. The zero-order valence-electron chi connectivity index (χ0n) is 12.9. The third-order valence-corrected chi connectivity index (χ3v) is 3.17. The van der Waals surface area contributed by atoms with Crippen molar-refractivity contribution in [2.24, 2.45) is 5.73 Å². The van der Waals surface area contributed by atoms with Gasteiger partial charge in [-0.15, -0.1) is 0 Å². The van der Waals surface area contributed by atoms with Crippen molar-refractivity contribution >= 4 is 0 Å². The van der Waals surface area contributed by atoms with Crippen LogP contribution < -0.4 is 10.5 Å². The second kappa shape index (κ2) is 5.82. The summed E-state index contributed by atoms with van der Waals surface area (Å²) in [7, 11) is 0. The molecule has 0 amide bonds. The Morgan fingerprint density at radius 3 is 2.52 bits per heavy atom. The van der Waals surface area contributed by atoms with Crippen LogP contribution in [0, 0.1) is 12.7 Å². The van der Waals surface area contributed by atoms with Gasteiger partial charge in [0.2, 0.25) is 5.88 Å². The average Bonchev–Trinajstić information content (AvgIpc) is 2.41. The molecule has 0 bridgehead atoms. The fraction of sp³-hybridized carbons (Fsp3) is 0.353. The lowest BCUT2D eigenvalue weighted by molar-refractivity contribution is 0.420. The molecule has 1 aromatic carbocycles. The molecule has 0 aliphatic carbocycles. The van der Waals surface area contributed by atoms with Crippen LogP contribution in [0.5, 0.6) is 11.6 Å². The average molecular weight is 288 g/mol. The third kappa shape index (κ3) is 3.79. The Kier molecular flexibility index (Phi) is 4.28. The molecule has 1 heterocycles. The standard InChI is InChI=1S/C17H21FN2O/c1-11-5-6-13(18)14(7-11)21-16-9-12(10-19)8-15(20-16)17(2,3)4/h5-9H,10,19H2,1-4H3. The molecule has 4 heteroatoms. The van der Waals surface area contributed by atoms with Crippen molar-refractivity contribution in [2.45, 2.75) is 39.7 Å². The summed E-state index contributed by atoms with van der Waals surface area (Å²) in [6.07, 6.45) is 0. The van der Waals surface area contributed by atoms with Crippen molar-refractivity contribution in [3.63, 3.8) is 0 Å². The lowest BCUT2D eigenvalue weighted by Crippen LogP contribution is -2.15. The maximum atomic E-state index is 13.8. The molecule has 2 rings (SSSR count). The Morgan fingerprint density at radius 2 is 1.90 bits per heavy atom. The van der Waals surface area contributed by atoms with Gasteiger partial charge in [0.1, 0.15) is 0 Å². The second-order valence-corrected chi connectivity index (χ2v) is 6.19. The van der Waals surface area contributed by atoms with E-state index in [9.17, 15) is 4.39 Å². The van der Waals surface area contributed by atoms with Gasteiger partial charge in [-0.25, -0.2) is 9.37 Å². The first kappa shape index (κ1) is 15.4. The molecule has 0 saturated heterocycles. The van der Waals surface area contributed by atoms with Crippen molar-refractivity contribution in [3.05, 3.63) is 53.0 Å². The SMILES string of the molecule is Cc1ccc(F)c(Oc2cc(CN)cc(C(C)(C)C)n2)c1. The quantitative estimate of drug-likeness (QED) is 0.925. The fourth-order valence-electron chi connectivity index (χ4n) is 1.91. The zero-order chi connectivity index (χ0) is 15.6. The molecule has 0 aliphatic rings. The van der Waals surface area contributed by atoms with Crippen molar-refractivity contribution in [2.75, 3.05) is 0 Å². The molecule has 21 heavy (non-hydrogen) atoms. The molecule has 0 aliphatic heterocycles. The molecule has 3 nitrogen and oxygen atoms in total. The predicted octanol–water partition coefficient (Wildman–Crippen LogP) is 4.08. The molecule has 0 radical (unpaired) electrons. The van der Waals surface area contributed by atoms with E-state index in [1.807, 2.05) is 13.0 Å². The van der Waals surface area contributed by atoms with E-state index in [0.29, 0.717) is 12.4 Å². The number of aromatic nitrogens is 1. The number of nitrogens with two attached hydrogens (primary N) is 1. The van der Waals surface area contributed by atoms with Gasteiger partial charge in [-0.3, -0.25) is 0 Å². The van der Waals surface area contributed by atoms with Gasteiger partial charge in [0.25, 0.3) is 0 Å². The summed E-state index contributed by atoms with van der Waals surface area (Å²) in [6.45, 7) is 8.46. The molecule has 0 unspecified atom stereocenters. The first-order chi connectivity index (χ1) is 9.79. The molecular formula is C17H21FN2O. The zero-order valence-corrected chi connectivity index (χ0v) is 12.9. The van der Waals surface area contributed by atoms with Crippen LogP contribution in [-0.2, 0) is 12.0 Å². The highest BCUT2D eigenvalue weighted by Gasteiger charge is 2.18. The molecule has 0 saturated carbocycles. The monoisotopic (exact) mass is 288 g/mol. The van der Waals surface area contributed by atoms with Crippen molar-refractivity contribution in [3.8, 4) is 11.6 Å². The second-order valence-electron chi connectivity index (χ2n) is 6.19. The molecule has 0 spiro atoms. The van der Waals surface area contributed by atoms with Gasteiger partial charge in [-0.2, -0.15) is 0 Å². The minimum absolute atomic E-state index is 0.131. The van der Waals surface area contributed by atoms with Crippen molar-refractivity contribution in [1.29, 1.82) is 0 Å². The highest BCUT2D eigenvalue weighted by molar-refractivity contribution is 5.35. The van der Waals surface area contributed by atoms with E-state index in [4.69, 9.17) is 10.5 Å².